The Morgan fingerprint density at radius 2 is 1.93 bits per heavy atom. The van der Waals surface area contributed by atoms with Crippen molar-refractivity contribution in [1.29, 1.82) is 0 Å². The highest BCUT2D eigenvalue weighted by atomic mass is 19.1. The molecule has 3 heteroatoms. The van der Waals surface area contributed by atoms with E-state index >= 15 is 0 Å². The molecule has 1 heterocycles. The number of hydrogen-bond acceptors (Lipinski definition) is 1. The molecule has 2 rings (SSSR count). The van der Waals surface area contributed by atoms with Crippen LogP contribution in [0.25, 0.3) is 11.0 Å². The average Bonchev–Trinajstić information content (AvgIpc) is 2.43. The molecule has 1 aromatic heterocycles. The van der Waals surface area contributed by atoms with Crippen molar-refractivity contribution < 1.29 is 4.39 Å². The first-order chi connectivity index (χ1) is 6.89. The minimum atomic E-state index is -0.217. The van der Waals surface area contributed by atoms with Crippen LogP contribution >= 0.6 is 0 Å². The van der Waals surface area contributed by atoms with Gasteiger partial charge in [-0.15, -0.1) is 0 Å². The van der Waals surface area contributed by atoms with Crippen LogP contribution in [0.4, 0.5) is 4.39 Å². The zero-order chi connectivity index (χ0) is 11.2. The first-order valence-electron chi connectivity index (χ1n) is 5.02. The molecule has 2 nitrogen and oxygen atoms in total. The average molecular weight is 206 g/mol. The number of aryl methyl sites for hydroxylation is 1. The zero-order valence-corrected chi connectivity index (χ0v) is 9.50. The van der Waals surface area contributed by atoms with Crippen LogP contribution in [0.2, 0.25) is 0 Å². The molecule has 80 valence electrons. The number of hydrogen-bond donors (Lipinski definition) is 0. The number of imidazole rings is 1. The fourth-order valence-corrected chi connectivity index (χ4v) is 1.83. The van der Waals surface area contributed by atoms with Crippen molar-refractivity contribution in [2.24, 2.45) is 7.05 Å². The number of rotatable bonds is 0. The summed E-state index contributed by atoms with van der Waals surface area (Å²) in [7, 11) is 1.93. The maximum Gasteiger partial charge on any atom is 0.125 e. The predicted molar refractivity (Wildman–Crippen MR) is 59.4 cm³/mol. The quantitative estimate of drug-likeness (QED) is 0.648. The summed E-state index contributed by atoms with van der Waals surface area (Å²) in [6.07, 6.45) is 0. The molecule has 0 saturated carbocycles. The van der Waals surface area contributed by atoms with E-state index in [1.165, 1.54) is 12.1 Å². The molecule has 0 spiro atoms. The number of nitrogens with zero attached hydrogens (tertiary/aromatic N) is 2. The second kappa shape index (κ2) is 3.05. The minimum Gasteiger partial charge on any atom is -0.331 e. The van der Waals surface area contributed by atoms with E-state index in [9.17, 15) is 4.39 Å². The summed E-state index contributed by atoms with van der Waals surface area (Å²) in [5, 5.41) is 0. The number of aromatic nitrogens is 2. The maximum absolute atomic E-state index is 13.1. The normalized spacial score (nSPS) is 12.3. The molecule has 15 heavy (non-hydrogen) atoms. The second-order valence-electron chi connectivity index (χ2n) is 4.88. The molecule has 0 saturated heterocycles. The highest BCUT2D eigenvalue weighted by molar-refractivity contribution is 5.76. The number of benzene rings is 1. The SMILES string of the molecule is Cn1c(C(C)(C)C)nc2ccc(F)cc21. The summed E-state index contributed by atoms with van der Waals surface area (Å²) in [6.45, 7) is 6.31. The smallest absolute Gasteiger partial charge is 0.125 e. The van der Waals surface area contributed by atoms with Crippen LogP contribution in [-0.2, 0) is 12.5 Å². The summed E-state index contributed by atoms with van der Waals surface area (Å²) >= 11 is 0. The van der Waals surface area contributed by atoms with Crippen LogP contribution in [0.5, 0.6) is 0 Å². The first-order valence-corrected chi connectivity index (χ1v) is 5.02. The first kappa shape index (κ1) is 10.1. The fraction of sp³-hybridized carbons (Fsp3) is 0.417. The Morgan fingerprint density at radius 1 is 1.27 bits per heavy atom. The van der Waals surface area contributed by atoms with E-state index in [1.54, 1.807) is 6.07 Å². The van der Waals surface area contributed by atoms with Crippen molar-refractivity contribution in [2.75, 3.05) is 0 Å². The van der Waals surface area contributed by atoms with Gasteiger partial charge >= 0.3 is 0 Å². The van der Waals surface area contributed by atoms with Crippen molar-refractivity contribution in [2.45, 2.75) is 26.2 Å². The van der Waals surface area contributed by atoms with Gasteiger partial charge in [-0.05, 0) is 18.2 Å². The summed E-state index contributed by atoms with van der Waals surface area (Å²) < 4.78 is 15.0. The molecular formula is C12H15FN2. The van der Waals surface area contributed by atoms with Crippen molar-refractivity contribution in [3.05, 3.63) is 29.8 Å². The molecule has 0 amide bonds. The zero-order valence-electron chi connectivity index (χ0n) is 9.50. The summed E-state index contributed by atoms with van der Waals surface area (Å²) in [5.41, 5.74) is 1.67. The lowest BCUT2D eigenvalue weighted by atomic mass is 9.96. The van der Waals surface area contributed by atoms with E-state index in [0.717, 1.165) is 16.9 Å². The topological polar surface area (TPSA) is 17.8 Å². The third-order valence-electron chi connectivity index (χ3n) is 2.51. The standard InChI is InChI=1S/C12H15FN2/c1-12(2,3)11-14-9-6-5-8(13)7-10(9)15(11)4/h5-7H,1-4H3. The van der Waals surface area contributed by atoms with Crippen LogP contribution in [-0.4, -0.2) is 9.55 Å². The molecule has 0 unspecified atom stereocenters. The third-order valence-corrected chi connectivity index (χ3v) is 2.51. The highest BCUT2D eigenvalue weighted by Crippen LogP contribution is 2.25. The Balaban J connectivity index is 2.76. The van der Waals surface area contributed by atoms with Gasteiger partial charge in [-0.25, -0.2) is 9.37 Å². The van der Waals surface area contributed by atoms with E-state index in [4.69, 9.17) is 0 Å². The third kappa shape index (κ3) is 1.62. The van der Waals surface area contributed by atoms with Gasteiger partial charge < -0.3 is 4.57 Å². The number of fused-ring (bicyclic) bond motifs is 1. The van der Waals surface area contributed by atoms with E-state index in [-0.39, 0.29) is 11.2 Å². The molecule has 0 fully saturated rings. The van der Waals surface area contributed by atoms with E-state index in [1.807, 2.05) is 11.6 Å². The Morgan fingerprint density at radius 3 is 2.53 bits per heavy atom. The lowest BCUT2D eigenvalue weighted by molar-refractivity contribution is 0.526. The second-order valence-corrected chi connectivity index (χ2v) is 4.88. The summed E-state index contributed by atoms with van der Waals surface area (Å²) in [6, 6.07) is 4.69. The van der Waals surface area contributed by atoms with Gasteiger partial charge in [-0.1, -0.05) is 20.8 Å². The van der Waals surface area contributed by atoms with Gasteiger partial charge in [-0.2, -0.15) is 0 Å². The van der Waals surface area contributed by atoms with Gasteiger partial charge in [0.2, 0.25) is 0 Å². The van der Waals surface area contributed by atoms with Crippen molar-refractivity contribution in [1.82, 2.24) is 9.55 Å². The largest absolute Gasteiger partial charge is 0.331 e. The van der Waals surface area contributed by atoms with E-state index in [0.29, 0.717) is 0 Å². The Labute approximate surface area is 88.7 Å². The van der Waals surface area contributed by atoms with Gasteiger partial charge in [0.05, 0.1) is 11.0 Å². The Kier molecular flexibility index (Phi) is 2.07. The summed E-state index contributed by atoms with van der Waals surface area (Å²) in [5.74, 6) is 0.758. The Hall–Kier alpha value is -1.38. The monoisotopic (exact) mass is 206 g/mol. The minimum absolute atomic E-state index is 0.0236. The molecule has 0 radical (unpaired) electrons. The van der Waals surface area contributed by atoms with Gasteiger partial charge in [0.1, 0.15) is 11.6 Å². The van der Waals surface area contributed by atoms with Crippen LogP contribution < -0.4 is 0 Å². The molecule has 2 aromatic rings. The van der Waals surface area contributed by atoms with Gasteiger partial charge in [0.15, 0.2) is 0 Å². The van der Waals surface area contributed by atoms with Crippen LogP contribution in [0.15, 0.2) is 18.2 Å². The van der Waals surface area contributed by atoms with Gasteiger partial charge in [0, 0.05) is 12.5 Å². The lowest BCUT2D eigenvalue weighted by Gasteiger charge is -2.17. The molecule has 0 atom stereocenters. The van der Waals surface area contributed by atoms with Gasteiger partial charge in [-0.3, -0.25) is 0 Å². The molecule has 1 aromatic carbocycles. The molecule has 0 aliphatic rings. The molecular weight excluding hydrogens is 191 g/mol. The van der Waals surface area contributed by atoms with Crippen LogP contribution in [0, 0.1) is 5.82 Å². The van der Waals surface area contributed by atoms with Crippen molar-refractivity contribution >= 4 is 11.0 Å². The lowest BCUT2D eigenvalue weighted by Crippen LogP contribution is -2.17. The molecule has 0 aliphatic heterocycles. The maximum atomic E-state index is 13.1. The number of halogens is 1. The predicted octanol–water partition coefficient (Wildman–Crippen LogP) is 3.01. The van der Waals surface area contributed by atoms with E-state index < -0.39 is 0 Å². The highest BCUT2D eigenvalue weighted by Gasteiger charge is 2.21. The van der Waals surface area contributed by atoms with Crippen LogP contribution in [0.3, 0.4) is 0 Å². The molecule has 0 aliphatic carbocycles. The van der Waals surface area contributed by atoms with Crippen molar-refractivity contribution in [3.8, 4) is 0 Å². The molecule has 0 N–H and O–H groups in total. The van der Waals surface area contributed by atoms with E-state index in [2.05, 4.69) is 25.8 Å². The van der Waals surface area contributed by atoms with Crippen LogP contribution in [0.1, 0.15) is 26.6 Å². The Bertz CT molecular complexity index is 506. The van der Waals surface area contributed by atoms with Crippen molar-refractivity contribution in [3.63, 3.8) is 0 Å². The molecule has 0 bridgehead atoms. The van der Waals surface area contributed by atoms with Gasteiger partial charge in [0.25, 0.3) is 0 Å². The summed E-state index contributed by atoms with van der Waals surface area (Å²) in [4.78, 5) is 4.52. The fourth-order valence-electron chi connectivity index (χ4n) is 1.83.